The monoisotopic (exact) mass is 314 g/mol. The first-order valence-electron chi connectivity index (χ1n) is 8.81. The second-order valence-electron chi connectivity index (χ2n) is 6.73. The van der Waals surface area contributed by atoms with Gasteiger partial charge in [-0.1, -0.05) is 43.7 Å². The molecule has 0 aromatic heterocycles. The van der Waals surface area contributed by atoms with Gasteiger partial charge in [-0.3, -0.25) is 9.59 Å². The zero-order valence-corrected chi connectivity index (χ0v) is 13.9. The Labute approximate surface area is 138 Å². The van der Waals surface area contributed by atoms with Gasteiger partial charge in [0.25, 0.3) is 0 Å². The molecule has 1 heterocycles. The molecule has 4 nitrogen and oxygen atoms in total. The van der Waals surface area contributed by atoms with Crippen LogP contribution in [0.4, 0.5) is 0 Å². The van der Waals surface area contributed by atoms with E-state index < -0.39 is 0 Å². The highest BCUT2D eigenvalue weighted by Crippen LogP contribution is 2.29. The lowest BCUT2D eigenvalue weighted by molar-refractivity contribution is -0.138. The van der Waals surface area contributed by atoms with E-state index in [9.17, 15) is 9.59 Å². The van der Waals surface area contributed by atoms with Crippen molar-refractivity contribution in [2.45, 2.75) is 51.6 Å². The molecule has 1 aromatic rings. The maximum absolute atomic E-state index is 12.6. The predicted octanol–water partition coefficient (Wildman–Crippen LogP) is 2.83. The highest BCUT2D eigenvalue weighted by molar-refractivity contribution is 5.82. The molecule has 1 atom stereocenters. The molecule has 1 saturated carbocycles. The number of carbonyl (C=O) groups is 2. The lowest BCUT2D eigenvalue weighted by atomic mass is 9.84. The normalized spacial score (nSPS) is 22.7. The maximum atomic E-state index is 12.6. The van der Waals surface area contributed by atoms with E-state index in [1.165, 1.54) is 6.42 Å². The third-order valence-corrected chi connectivity index (χ3v) is 5.22. The zero-order chi connectivity index (χ0) is 16.2. The number of amides is 2. The van der Waals surface area contributed by atoms with Crippen LogP contribution in [0.5, 0.6) is 0 Å². The van der Waals surface area contributed by atoms with Crippen LogP contribution in [0.2, 0.25) is 0 Å². The Morgan fingerprint density at radius 2 is 1.96 bits per heavy atom. The minimum atomic E-state index is 0.120. The molecule has 0 N–H and O–H groups in total. The number of hydrogen-bond donors (Lipinski definition) is 0. The summed E-state index contributed by atoms with van der Waals surface area (Å²) >= 11 is 0. The number of carbonyl (C=O) groups excluding carboxylic acids is 2. The Morgan fingerprint density at radius 1 is 1.22 bits per heavy atom. The molecule has 2 amide bonds. The standard InChI is InChI=1S/C19H26N2O2/c1-2-17-14-20(19(23)16-9-6-10-16)12-11-18(22)21(17)13-15-7-4-3-5-8-15/h3-5,7-8,16-17H,2,6,9-14H2,1H3. The molecular formula is C19H26N2O2. The second-order valence-corrected chi connectivity index (χ2v) is 6.73. The first kappa shape index (κ1) is 16.0. The topological polar surface area (TPSA) is 40.6 Å². The molecule has 1 aromatic carbocycles. The van der Waals surface area contributed by atoms with Gasteiger partial charge in [-0.15, -0.1) is 0 Å². The number of hydrogen-bond acceptors (Lipinski definition) is 2. The third-order valence-electron chi connectivity index (χ3n) is 5.22. The van der Waals surface area contributed by atoms with Crippen molar-refractivity contribution in [1.29, 1.82) is 0 Å². The maximum Gasteiger partial charge on any atom is 0.225 e. The summed E-state index contributed by atoms with van der Waals surface area (Å²) in [4.78, 5) is 29.1. The molecule has 1 saturated heterocycles. The van der Waals surface area contributed by atoms with Crippen LogP contribution in [0.25, 0.3) is 0 Å². The molecule has 1 aliphatic carbocycles. The Bertz CT molecular complexity index is 554. The van der Waals surface area contributed by atoms with Crippen molar-refractivity contribution < 1.29 is 9.59 Å². The van der Waals surface area contributed by atoms with Gasteiger partial charge in [0, 0.05) is 38.0 Å². The molecule has 2 fully saturated rings. The van der Waals surface area contributed by atoms with E-state index in [0.717, 1.165) is 24.8 Å². The van der Waals surface area contributed by atoms with Gasteiger partial charge >= 0.3 is 0 Å². The first-order chi connectivity index (χ1) is 11.2. The fourth-order valence-corrected chi connectivity index (χ4v) is 3.48. The quantitative estimate of drug-likeness (QED) is 0.857. The molecule has 0 spiro atoms. The van der Waals surface area contributed by atoms with Gasteiger partial charge in [-0.25, -0.2) is 0 Å². The zero-order valence-electron chi connectivity index (χ0n) is 13.9. The fraction of sp³-hybridized carbons (Fsp3) is 0.579. The summed E-state index contributed by atoms with van der Waals surface area (Å²) in [5.41, 5.74) is 1.15. The third kappa shape index (κ3) is 3.57. The van der Waals surface area contributed by atoms with Crippen molar-refractivity contribution in [3.05, 3.63) is 35.9 Å². The molecule has 1 unspecified atom stereocenters. The molecule has 1 aliphatic heterocycles. The predicted molar refractivity (Wildman–Crippen MR) is 89.6 cm³/mol. The Hall–Kier alpha value is -1.84. The van der Waals surface area contributed by atoms with E-state index in [1.54, 1.807) is 0 Å². The van der Waals surface area contributed by atoms with Gasteiger partial charge in [-0.2, -0.15) is 0 Å². The van der Waals surface area contributed by atoms with E-state index in [-0.39, 0.29) is 23.8 Å². The van der Waals surface area contributed by atoms with Crippen molar-refractivity contribution in [2.75, 3.05) is 13.1 Å². The summed E-state index contributed by atoms with van der Waals surface area (Å²) in [6, 6.07) is 10.2. The molecule has 0 bridgehead atoms. The molecule has 0 radical (unpaired) electrons. The summed E-state index contributed by atoms with van der Waals surface area (Å²) in [5, 5.41) is 0. The molecule has 3 rings (SSSR count). The van der Waals surface area contributed by atoms with Crippen LogP contribution in [-0.2, 0) is 16.1 Å². The molecule has 2 aliphatic rings. The van der Waals surface area contributed by atoms with Crippen LogP contribution in [0.15, 0.2) is 30.3 Å². The Kier molecular flexibility index (Phi) is 4.99. The lowest BCUT2D eigenvalue weighted by Gasteiger charge is -2.34. The van der Waals surface area contributed by atoms with Crippen LogP contribution < -0.4 is 0 Å². The molecule has 124 valence electrons. The van der Waals surface area contributed by atoms with E-state index in [1.807, 2.05) is 28.0 Å². The van der Waals surface area contributed by atoms with Crippen molar-refractivity contribution in [3.8, 4) is 0 Å². The van der Waals surface area contributed by atoms with Crippen LogP contribution in [0.1, 0.15) is 44.6 Å². The largest absolute Gasteiger partial charge is 0.340 e. The van der Waals surface area contributed by atoms with E-state index in [2.05, 4.69) is 19.1 Å². The van der Waals surface area contributed by atoms with Gasteiger partial charge in [0.2, 0.25) is 11.8 Å². The van der Waals surface area contributed by atoms with Crippen LogP contribution >= 0.6 is 0 Å². The van der Waals surface area contributed by atoms with Crippen LogP contribution in [0, 0.1) is 5.92 Å². The number of rotatable bonds is 4. The number of nitrogens with zero attached hydrogens (tertiary/aromatic N) is 2. The summed E-state index contributed by atoms with van der Waals surface area (Å²) < 4.78 is 0. The van der Waals surface area contributed by atoms with Gasteiger partial charge in [0.1, 0.15) is 0 Å². The van der Waals surface area contributed by atoms with Crippen LogP contribution in [-0.4, -0.2) is 40.7 Å². The Morgan fingerprint density at radius 3 is 2.57 bits per heavy atom. The molecule has 23 heavy (non-hydrogen) atoms. The summed E-state index contributed by atoms with van der Waals surface area (Å²) in [7, 11) is 0. The van der Waals surface area contributed by atoms with Crippen molar-refractivity contribution >= 4 is 11.8 Å². The molecule has 4 heteroatoms. The second kappa shape index (κ2) is 7.16. The molecular weight excluding hydrogens is 288 g/mol. The highest BCUT2D eigenvalue weighted by Gasteiger charge is 2.35. The van der Waals surface area contributed by atoms with Crippen LogP contribution in [0.3, 0.4) is 0 Å². The van der Waals surface area contributed by atoms with Crippen molar-refractivity contribution in [1.82, 2.24) is 9.80 Å². The summed E-state index contributed by atoms with van der Waals surface area (Å²) in [6.45, 7) is 4.01. The van der Waals surface area contributed by atoms with Crippen molar-refractivity contribution in [3.63, 3.8) is 0 Å². The van der Waals surface area contributed by atoms with E-state index in [4.69, 9.17) is 0 Å². The fourth-order valence-electron chi connectivity index (χ4n) is 3.48. The first-order valence-corrected chi connectivity index (χ1v) is 8.81. The minimum Gasteiger partial charge on any atom is -0.340 e. The van der Waals surface area contributed by atoms with E-state index >= 15 is 0 Å². The summed E-state index contributed by atoms with van der Waals surface area (Å²) in [5.74, 6) is 0.650. The summed E-state index contributed by atoms with van der Waals surface area (Å²) in [6.07, 6.45) is 4.54. The Balaban J connectivity index is 1.72. The van der Waals surface area contributed by atoms with Gasteiger partial charge < -0.3 is 9.80 Å². The average Bonchev–Trinajstić information content (AvgIpc) is 2.67. The van der Waals surface area contributed by atoms with E-state index in [0.29, 0.717) is 26.1 Å². The van der Waals surface area contributed by atoms with Crippen molar-refractivity contribution in [2.24, 2.45) is 5.92 Å². The average molecular weight is 314 g/mol. The smallest absolute Gasteiger partial charge is 0.225 e. The lowest BCUT2D eigenvalue weighted by Crippen LogP contribution is -2.46. The minimum absolute atomic E-state index is 0.120. The highest BCUT2D eigenvalue weighted by atomic mass is 16.2. The van der Waals surface area contributed by atoms with Gasteiger partial charge in [0.05, 0.1) is 0 Å². The number of benzene rings is 1. The van der Waals surface area contributed by atoms with Gasteiger partial charge in [0.15, 0.2) is 0 Å². The van der Waals surface area contributed by atoms with Gasteiger partial charge in [-0.05, 0) is 24.8 Å². The SMILES string of the molecule is CCC1CN(C(=O)C2CCC2)CCC(=O)N1Cc1ccccc1.